The van der Waals surface area contributed by atoms with Crippen molar-refractivity contribution in [3.8, 4) is 17.6 Å². The minimum atomic E-state index is -1.89. The molecule has 35 heavy (non-hydrogen) atoms. The number of benzene rings is 2. The third-order valence-corrected chi connectivity index (χ3v) is 7.28. The van der Waals surface area contributed by atoms with Crippen molar-refractivity contribution >= 4 is 0 Å². The predicted molar refractivity (Wildman–Crippen MR) is 127 cm³/mol. The van der Waals surface area contributed by atoms with Crippen LogP contribution >= 0.6 is 0 Å². The second-order valence-corrected chi connectivity index (χ2v) is 8.93. The van der Waals surface area contributed by atoms with Gasteiger partial charge in [-0.15, -0.1) is 0 Å². The number of aliphatic hydroxyl groups is 3. The quantitative estimate of drug-likeness (QED) is 0.383. The van der Waals surface area contributed by atoms with Crippen LogP contribution in [0.3, 0.4) is 0 Å². The number of nitrogens with one attached hydrogen (secondary N) is 1. The smallest absolute Gasteiger partial charge is 0.177 e. The van der Waals surface area contributed by atoms with Crippen molar-refractivity contribution in [3.63, 3.8) is 0 Å². The summed E-state index contributed by atoms with van der Waals surface area (Å²) in [5, 5.41) is 46.4. The van der Waals surface area contributed by atoms with Crippen molar-refractivity contribution in [2.24, 2.45) is 5.92 Å². The lowest BCUT2D eigenvalue weighted by Crippen LogP contribution is -2.52. The Balaban J connectivity index is 1.80. The number of nitrogens with zero attached hydrogens (tertiary/aromatic N) is 2. The first kappa shape index (κ1) is 23.3. The maximum atomic E-state index is 12.6. The zero-order valence-corrected chi connectivity index (χ0v) is 19.3. The largest absolute Gasteiger partial charge is 0.495 e. The molecule has 0 saturated heterocycles. The van der Waals surface area contributed by atoms with Crippen LogP contribution < -0.4 is 14.8 Å². The molecule has 2 heterocycles. The molecular formula is C27H27N3O5. The Morgan fingerprint density at radius 1 is 1.14 bits per heavy atom. The van der Waals surface area contributed by atoms with E-state index in [9.17, 15) is 20.6 Å². The summed E-state index contributed by atoms with van der Waals surface area (Å²) in [6.45, 7) is 0.619. The summed E-state index contributed by atoms with van der Waals surface area (Å²) >= 11 is 0. The van der Waals surface area contributed by atoms with Crippen LogP contribution in [-0.4, -0.2) is 53.2 Å². The number of aliphatic hydroxyl groups excluding tert-OH is 2. The van der Waals surface area contributed by atoms with Gasteiger partial charge in [-0.25, -0.2) is 0 Å². The van der Waals surface area contributed by atoms with Gasteiger partial charge in [-0.3, -0.25) is 4.98 Å². The van der Waals surface area contributed by atoms with Crippen molar-refractivity contribution in [3.05, 3.63) is 89.2 Å². The number of rotatable bonds is 7. The van der Waals surface area contributed by atoms with Gasteiger partial charge >= 0.3 is 0 Å². The second kappa shape index (κ2) is 8.95. The highest BCUT2D eigenvalue weighted by molar-refractivity contribution is 5.59. The Hall–Kier alpha value is -3.48. The minimum Gasteiger partial charge on any atom is -0.495 e. The fourth-order valence-electron chi connectivity index (χ4n) is 5.90. The summed E-state index contributed by atoms with van der Waals surface area (Å²) in [6.07, 6.45) is 1.76. The third-order valence-electron chi connectivity index (χ3n) is 7.28. The number of fused-ring (bicyclic) bond motifs is 3. The molecule has 180 valence electrons. The summed E-state index contributed by atoms with van der Waals surface area (Å²) in [5.74, 6) is -0.344. The van der Waals surface area contributed by atoms with Gasteiger partial charge in [0.15, 0.2) is 11.2 Å². The lowest BCUT2D eigenvalue weighted by atomic mass is 9.70. The zero-order chi connectivity index (χ0) is 24.6. The number of hydrogen-bond donors (Lipinski definition) is 4. The van der Waals surface area contributed by atoms with E-state index in [0.29, 0.717) is 41.3 Å². The summed E-state index contributed by atoms with van der Waals surface area (Å²) in [5.41, 5.74) is -1.02. The Kier molecular flexibility index (Phi) is 5.95. The number of hydrogen-bond acceptors (Lipinski definition) is 8. The Morgan fingerprint density at radius 2 is 1.89 bits per heavy atom. The number of pyridine rings is 1. The Labute approximate surface area is 203 Å². The molecule has 1 saturated carbocycles. The Bertz CT molecular complexity index is 1250. The van der Waals surface area contributed by atoms with Crippen LogP contribution in [0, 0.1) is 17.2 Å². The topological polar surface area (TPSA) is 128 Å². The predicted octanol–water partition coefficient (Wildman–Crippen LogP) is 1.79. The third kappa shape index (κ3) is 3.24. The van der Waals surface area contributed by atoms with Crippen LogP contribution in [0.1, 0.15) is 28.2 Å². The Morgan fingerprint density at radius 3 is 2.54 bits per heavy atom. The number of nitriles is 1. The van der Waals surface area contributed by atoms with Gasteiger partial charge in [-0.05, 0) is 23.3 Å². The molecule has 2 aromatic carbocycles. The van der Waals surface area contributed by atoms with Crippen LogP contribution in [0.4, 0.5) is 0 Å². The monoisotopic (exact) mass is 473 g/mol. The first-order chi connectivity index (χ1) is 17.0. The molecule has 5 atom stereocenters. The summed E-state index contributed by atoms with van der Waals surface area (Å²) in [4.78, 5) is 4.21. The standard InChI is InChI=1S/C27H27N3O5/c1-34-21-15-30-16-22-24(21)26(33)25(32)20(14-29-11-12-31)23(18-5-3-2-4-6-18)27(26,35-22)19-9-7-17(13-28)8-10-19/h2-10,15-16,20,23,25,29,31-33H,11-12,14H2,1H3/t20-,23-,25-,26+,27?/m1/s1. The SMILES string of the molecule is COc1cncc2c1[C@]1(O)[C@H](O)[C@H](CNCCO)[C@@H](c3ccccc3)C1(c1ccc(C#N)cc1)O2. The molecule has 3 aromatic rings. The minimum absolute atomic E-state index is 0.0529. The summed E-state index contributed by atoms with van der Waals surface area (Å²) < 4.78 is 12.3. The molecule has 0 radical (unpaired) electrons. The van der Waals surface area contributed by atoms with E-state index in [0.717, 1.165) is 5.56 Å². The van der Waals surface area contributed by atoms with Crippen molar-refractivity contribution in [2.45, 2.75) is 23.2 Å². The first-order valence-corrected chi connectivity index (χ1v) is 11.5. The lowest BCUT2D eigenvalue weighted by Gasteiger charge is -2.41. The summed E-state index contributed by atoms with van der Waals surface area (Å²) in [6, 6.07) is 18.7. The van der Waals surface area contributed by atoms with E-state index in [1.807, 2.05) is 30.3 Å². The molecule has 1 aliphatic heterocycles. The maximum Gasteiger partial charge on any atom is 0.177 e. The first-order valence-electron chi connectivity index (χ1n) is 11.5. The van der Waals surface area contributed by atoms with Crippen LogP contribution in [0.5, 0.6) is 11.5 Å². The van der Waals surface area contributed by atoms with Crippen LogP contribution in [0.15, 0.2) is 67.0 Å². The van der Waals surface area contributed by atoms with Crippen LogP contribution in [0.25, 0.3) is 0 Å². The molecule has 0 bridgehead atoms. The van der Waals surface area contributed by atoms with Gasteiger partial charge in [-0.2, -0.15) is 5.26 Å². The number of aromatic nitrogens is 1. The van der Waals surface area contributed by atoms with Crippen molar-refractivity contribution < 1.29 is 24.8 Å². The van der Waals surface area contributed by atoms with Crippen molar-refractivity contribution in [1.82, 2.24) is 10.3 Å². The van der Waals surface area contributed by atoms with E-state index in [2.05, 4.69) is 16.4 Å². The lowest BCUT2D eigenvalue weighted by molar-refractivity contribution is -0.152. The van der Waals surface area contributed by atoms with Gasteiger partial charge < -0.3 is 30.1 Å². The summed E-state index contributed by atoms with van der Waals surface area (Å²) in [7, 11) is 1.48. The molecule has 1 aromatic heterocycles. The molecule has 0 spiro atoms. The maximum absolute atomic E-state index is 12.6. The average Bonchev–Trinajstić information content (AvgIpc) is 3.28. The van der Waals surface area contributed by atoms with Gasteiger partial charge in [-0.1, -0.05) is 42.5 Å². The molecule has 5 rings (SSSR count). The molecule has 8 heteroatoms. The van der Waals surface area contributed by atoms with E-state index in [1.54, 1.807) is 24.3 Å². The second-order valence-electron chi connectivity index (χ2n) is 8.93. The fraction of sp³-hybridized carbons (Fsp3) is 0.333. The van der Waals surface area contributed by atoms with Crippen molar-refractivity contribution in [2.75, 3.05) is 26.8 Å². The van der Waals surface area contributed by atoms with Crippen molar-refractivity contribution in [1.29, 1.82) is 5.26 Å². The van der Waals surface area contributed by atoms with Crippen LogP contribution in [0.2, 0.25) is 0 Å². The van der Waals surface area contributed by atoms with E-state index in [4.69, 9.17) is 9.47 Å². The highest BCUT2D eigenvalue weighted by Crippen LogP contribution is 2.69. The highest BCUT2D eigenvalue weighted by Gasteiger charge is 2.76. The number of ether oxygens (including phenoxy) is 2. The van der Waals surface area contributed by atoms with E-state index >= 15 is 0 Å². The normalized spacial score (nSPS) is 28.6. The van der Waals surface area contributed by atoms with Gasteiger partial charge in [0, 0.05) is 24.9 Å². The highest BCUT2D eigenvalue weighted by atomic mass is 16.5. The molecule has 1 aliphatic carbocycles. The zero-order valence-electron chi connectivity index (χ0n) is 19.3. The van der Waals surface area contributed by atoms with Crippen LogP contribution in [-0.2, 0) is 11.2 Å². The molecule has 8 nitrogen and oxygen atoms in total. The molecule has 1 unspecified atom stereocenters. The molecule has 1 fully saturated rings. The van der Waals surface area contributed by atoms with Gasteiger partial charge in [0.2, 0.25) is 0 Å². The molecular weight excluding hydrogens is 446 g/mol. The fourth-order valence-corrected chi connectivity index (χ4v) is 5.90. The molecule has 4 N–H and O–H groups in total. The van der Waals surface area contributed by atoms with Gasteiger partial charge in [0.05, 0.1) is 49.4 Å². The van der Waals surface area contributed by atoms with Gasteiger partial charge in [0.1, 0.15) is 11.5 Å². The van der Waals surface area contributed by atoms with E-state index in [-0.39, 0.29) is 6.61 Å². The molecule has 2 aliphatic rings. The number of methoxy groups -OCH3 is 1. The van der Waals surface area contributed by atoms with Gasteiger partial charge in [0.25, 0.3) is 0 Å². The molecule has 0 amide bonds. The van der Waals surface area contributed by atoms with E-state index < -0.39 is 29.1 Å². The van der Waals surface area contributed by atoms with E-state index in [1.165, 1.54) is 19.5 Å². The average molecular weight is 474 g/mol.